The molecular formula is C30H24ClN5O3S. The zero-order valence-corrected chi connectivity index (χ0v) is 23.1. The van der Waals surface area contributed by atoms with Crippen LogP contribution >= 0.6 is 23.4 Å². The van der Waals surface area contributed by atoms with Gasteiger partial charge in [0.2, 0.25) is 5.17 Å². The van der Waals surface area contributed by atoms with E-state index in [0.29, 0.717) is 34.1 Å². The van der Waals surface area contributed by atoms with Crippen molar-refractivity contribution in [2.45, 2.75) is 13.5 Å². The zero-order valence-electron chi connectivity index (χ0n) is 21.5. The Balaban J connectivity index is 1.22. The van der Waals surface area contributed by atoms with Crippen LogP contribution < -0.4 is 9.47 Å². The van der Waals surface area contributed by atoms with Gasteiger partial charge < -0.3 is 14.0 Å². The number of carbonyl (C=O) groups excluding carboxylic acids is 1. The molecule has 10 heteroatoms. The van der Waals surface area contributed by atoms with Crippen molar-refractivity contribution in [3.8, 4) is 11.5 Å². The summed E-state index contributed by atoms with van der Waals surface area (Å²) < 4.78 is 13.9. The number of hydrogen-bond donors (Lipinski definition) is 1. The maximum absolute atomic E-state index is 13.0. The Bertz CT molecular complexity index is 1740. The van der Waals surface area contributed by atoms with Gasteiger partial charge in [-0.15, -0.1) is 0 Å². The van der Waals surface area contributed by atoms with Crippen molar-refractivity contribution in [3.05, 3.63) is 101 Å². The summed E-state index contributed by atoms with van der Waals surface area (Å²) in [7, 11) is 0. The fourth-order valence-electron chi connectivity index (χ4n) is 4.49. The van der Waals surface area contributed by atoms with Gasteiger partial charge in [0.1, 0.15) is 29.8 Å². The number of aromatic nitrogens is 1. The van der Waals surface area contributed by atoms with E-state index in [1.54, 1.807) is 12.1 Å². The number of fused-ring (bicyclic) bond motifs is 2. The fourth-order valence-corrected chi connectivity index (χ4v) is 5.48. The Morgan fingerprint density at radius 1 is 1.00 bits per heavy atom. The number of nitrogens with one attached hydrogen (secondary N) is 1. The molecule has 1 aromatic heterocycles. The minimum atomic E-state index is -0.473. The molecule has 1 amide bonds. The number of amides is 1. The molecule has 0 radical (unpaired) electrons. The molecule has 1 N–H and O–H groups in total. The summed E-state index contributed by atoms with van der Waals surface area (Å²) in [6.07, 6.45) is 3.66. The van der Waals surface area contributed by atoms with Crippen molar-refractivity contribution < 1.29 is 14.3 Å². The van der Waals surface area contributed by atoms with Crippen molar-refractivity contribution in [1.29, 1.82) is 5.41 Å². The molecule has 2 aliphatic heterocycles. The van der Waals surface area contributed by atoms with E-state index in [2.05, 4.69) is 14.7 Å². The van der Waals surface area contributed by atoms with Crippen LogP contribution in [-0.2, 0) is 11.3 Å². The average Bonchev–Trinajstić information content (AvgIpc) is 3.53. The van der Waals surface area contributed by atoms with Crippen LogP contribution in [0.15, 0.2) is 94.7 Å². The van der Waals surface area contributed by atoms with E-state index in [1.165, 1.54) is 16.8 Å². The second kappa shape index (κ2) is 11.0. The Labute approximate surface area is 240 Å². The van der Waals surface area contributed by atoms with Crippen LogP contribution in [0, 0.1) is 12.3 Å². The Kier molecular flexibility index (Phi) is 7.15. The third-order valence-corrected chi connectivity index (χ3v) is 7.68. The van der Waals surface area contributed by atoms with Crippen LogP contribution in [0.4, 0.5) is 0 Å². The van der Waals surface area contributed by atoms with E-state index in [0.717, 1.165) is 27.8 Å². The quantitative estimate of drug-likeness (QED) is 0.249. The van der Waals surface area contributed by atoms with Gasteiger partial charge in [0, 0.05) is 22.7 Å². The van der Waals surface area contributed by atoms with Crippen molar-refractivity contribution in [2.75, 3.05) is 13.2 Å². The van der Waals surface area contributed by atoms with Gasteiger partial charge in [-0.25, -0.2) is 0 Å². The Morgan fingerprint density at radius 2 is 1.75 bits per heavy atom. The number of amidine groups is 2. The van der Waals surface area contributed by atoms with Crippen molar-refractivity contribution in [1.82, 2.24) is 9.58 Å². The molecule has 0 spiro atoms. The highest BCUT2D eigenvalue weighted by Crippen LogP contribution is 2.31. The average molecular weight is 570 g/mol. The van der Waals surface area contributed by atoms with E-state index in [9.17, 15) is 4.79 Å². The summed E-state index contributed by atoms with van der Waals surface area (Å²) in [6.45, 7) is 3.17. The lowest BCUT2D eigenvalue weighted by atomic mass is 10.1. The molecule has 0 unspecified atom stereocenters. The second-order valence-corrected chi connectivity index (χ2v) is 10.6. The molecule has 0 saturated carbocycles. The van der Waals surface area contributed by atoms with Gasteiger partial charge >= 0.3 is 0 Å². The van der Waals surface area contributed by atoms with Crippen LogP contribution in [0.3, 0.4) is 0 Å². The Hall–Kier alpha value is -4.34. The van der Waals surface area contributed by atoms with Crippen LogP contribution in [0.1, 0.15) is 11.1 Å². The first kappa shape index (κ1) is 25.9. The number of nitrogens with zero attached hydrogens (tertiary/aromatic N) is 4. The number of halogens is 1. The molecule has 0 saturated heterocycles. The van der Waals surface area contributed by atoms with E-state index in [1.807, 2.05) is 79.9 Å². The number of para-hydroxylation sites is 3. The number of aliphatic imine (C=N–C) groups is 1. The number of thioether (sulfide) groups is 1. The highest BCUT2D eigenvalue weighted by Gasteiger charge is 2.36. The van der Waals surface area contributed by atoms with Gasteiger partial charge in [0.15, 0.2) is 5.84 Å². The SMILES string of the molecule is Cc1ccccc1OCC1=NN2C(=N)C(=Cc3cn(CCOc4ccccc4Cl)c4ccccc34)C(=O)N=C2S1. The highest BCUT2D eigenvalue weighted by molar-refractivity contribution is 8.27. The number of carbonyl (C=O) groups is 1. The normalized spacial score (nSPS) is 15.8. The van der Waals surface area contributed by atoms with Crippen LogP contribution in [-0.4, -0.2) is 44.7 Å². The summed E-state index contributed by atoms with van der Waals surface area (Å²) in [5, 5.41) is 17.2. The van der Waals surface area contributed by atoms with Crippen LogP contribution in [0.5, 0.6) is 11.5 Å². The molecule has 40 heavy (non-hydrogen) atoms. The minimum Gasteiger partial charge on any atom is -0.490 e. The number of benzene rings is 3. The predicted molar refractivity (Wildman–Crippen MR) is 161 cm³/mol. The van der Waals surface area contributed by atoms with Gasteiger partial charge in [-0.05, 0) is 54.6 Å². The summed E-state index contributed by atoms with van der Waals surface area (Å²) in [5.74, 6) is 0.898. The number of hydrazone groups is 1. The maximum atomic E-state index is 13.0. The van der Waals surface area contributed by atoms with Crippen molar-refractivity contribution in [3.63, 3.8) is 0 Å². The molecule has 8 nitrogen and oxygen atoms in total. The number of ether oxygens (including phenoxy) is 2. The topological polar surface area (TPSA) is 92.3 Å². The second-order valence-electron chi connectivity index (χ2n) is 9.14. The van der Waals surface area contributed by atoms with Crippen molar-refractivity contribution >= 4 is 62.3 Å². The fraction of sp³-hybridized carbons (Fsp3) is 0.133. The predicted octanol–water partition coefficient (Wildman–Crippen LogP) is 6.38. The molecule has 4 aromatic rings. The summed E-state index contributed by atoms with van der Waals surface area (Å²) >= 11 is 7.45. The summed E-state index contributed by atoms with van der Waals surface area (Å²) in [6, 6.07) is 23.0. The van der Waals surface area contributed by atoms with Crippen molar-refractivity contribution in [2.24, 2.45) is 10.1 Å². The molecule has 0 atom stereocenters. The molecule has 0 fully saturated rings. The lowest BCUT2D eigenvalue weighted by Crippen LogP contribution is -2.35. The minimum absolute atomic E-state index is 0.0210. The van der Waals surface area contributed by atoms with E-state index < -0.39 is 5.91 Å². The first-order valence-corrected chi connectivity index (χ1v) is 13.8. The van der Waals surface area contributed by atoms with E-state index >= 15 is 0 Å². The van der Waals surface area contributed by atoms with Crippen LogP contribution in [0.25, 0.3) is 17.0 Å². The third-order valence-electron chi connectivity index (χ3n) is 6.49. The maximum Gasteiger partial charge on any atom is 0.283 e. The molecule has 0 aliphatic carbocycles. The van der Waals surface area contributed by atoms with Gasteiger partial charge in [0.25, 0.3) is 5.91 Å². The Morgan fingerprint density at radius 3 is 2.58 bits per heavy atom. The molecule has 6 rings (SSSR count). The number of aryl methyl sites for hydroxylation is 1. The molecule has 2 aliphatic rings. The van der Waals surface area contributed by atoms with Gasteiger partial charge in [-0.3, -0.25) is 10.2 Å². The first-order valence-electron chi connectivity index (χ1n) is 12.6. The monoisotopic (exact) mass is 569 g/mol. The van der Waals surface area contributed by atoms with Crippen LogP contribution in [0.2, 0.25) is 5.02 Å². The summed E-state index contributed by atoms with van der Waals surface area (Å²) in [5.41, 5.74) is 2.98. The van der Waals surface area contributed by atoms with Gasteiger partial charge in [-0.2, -0.15) is 15.1 Å². The van der Waals surface area contributed by atoms with Gasteiger partial charge in [0.05, 0.1) is 17.1 Å². The van der Waals surface area contributed by atoms with Gasteiger partial charge in [-0.1, -0.05) is 60.1 Å². The highest BCUT2D eigenvalue weighted by atomic mass is 35.5. The standard InChI is InChI=1S/C30H24ClN5O3S/c1-19-8-2-6-12-25(19)39-18-27-34-36-28(32)22(29(37)33-30(36)40-27)16-20-17-35(24-11-5-3-9-21(20)24)14-15-38-26-13-7-4-10-23(26)31/h2-13,16-17,32H,14-15,18H2,1H3. The molecular weight excluding hydrogens is 546 g/mol. The largest absolute Gasteiger partial charge is 0.490 e. The first-order chi connectivity index (χ1) is 19.5. The molecule has 200 valence electrons. The molecule has 0 bridgehead atoms. The molecule has 3 aromatic carbocycles. The summed E-state index contributed by atoms with van der Waals surface area (Å²) in [4.78, 5) is 17.2. The lowest BCUT2D eigenvalue weighted by Gasteiger charge is -2.20. The smallest absolute Gasteiger partial charge is 0.283 e. The molecule has 3 heterocycles. The lowest BCUT2D eigenvalue weighted by molar-refractivity contribution is -0.114. The van der Waals surface area contributed by atoms with E-state index in [-0.39, 0.29) is 18.0 Å². The number of rotatable bonds is 8. The third kappa shape index (κ3) is 5.13. The number of hydrogen-bond acceptors (Lipinski definition) is 6. The van der Waals surface area contributed by atoms with E-state index in [4.69, 9.17) is 26.5 Å². The zero-order chi connectivity index (χ0) is 27.6.